The van der Waals surface area contributed by atoms with E-state index in [1.807, 2.05) is 0 Å². The first-order chi connectivity index (χ1) is 8.90. The molecule has 0 atom stereocenters. The van der Waals surface area contributed by atoms with Gasteiger partial charge in [-0.25, -0.2) is 4.79 Å². The maximum absolute atomic E-state index is 11.8. The van der Waals surface area contributed by atoms with Crippen LogP contribution in [0, 0.1) is 3.57 Å². The first-order valence-electron chi connectivity index (χ1n) is 5.61. The Bertz CT molecular complexity index is 517. The molecule has 0 spiro atoms. The summed E-state index contributed by atoms with van der Waals surface area (Å²) in [6, 6.07) is 6.94. The minimum absolute atomic E-state index is 0.0185. The summed E-state index contributed by atoms with van der Waals surface area (Å²) in [6.07, 6.45) is -0.0944. The second-order valence-corrected chi connectivity index (χ2v) is 5.30. The predicted molar refractivity (Wildman–Crippen MR) is 79.1 cm³/mol. The number of carboxylic acids is 1. The van der Waals surface area contributed by atoms with E-state index in [1.54, 1.807) is 24.3 Å². The summed E-state index contributed by atoms with van der Waals surface area (Å²) in [7, 11) is 0. The molecule has 0 aliphatic heterocycles. The van der Waals surface area contributed by atoms with Crippen LogP contribution < -0.4 is 0 Å². The summed E-state index contributed by atoms with van der Waals surface area (Å²) < 4.78 is 1.01. The molecule has 19 heavy (non-hydrogen) atoms. The number of Topliss-reactive ketones (excluding diaryl/α,β-unsaturated/α-hetero) is 2. The molecule has 0 fully saturated rings. The molecule has 0 saturated heterocycles. The van der Waals surface area contributed by atoms with Crippen molar-refractivity contribution in [2.24, 2.45) is 0 Å². The van der Waals surface area contributed by atoms with Crippen molar-refractivity contribution < 1.29 is 19.5 Å². The third-order valence-electron chi connectivity index (χ3n) is 2.53. The second-order valence-electron chi connectivity index (χ2n) is 4.05. The summed E-state index contributed by atoms with van der Waals surface area (Å²) in [5.74, 6) is -1.63. The molecular weight excluding hydrogens is 359 g/mol. The summed E-state index contributed by atoms with van der Waals surface area (Å²) in [5.41, 5.74) is 0.473. The Balaban J connectivity index is 2.48. The molecule has 0 aromatic heterocycles. The number of carboxylic acid groups (broad SMARTS) is 1. The zero-order chi connectivity index (χ0) is 14.4. The van der Waals surface area contributed by atoms with Gasteiger partial charge in [0.05, 0.1) is 6.42 Å². The Morgan fingerprint density at radius 1 is 1.11 bits per heavy atom. The Morgan fingerprint density at radius 3 is 2.21 bits per heavy atom. The van der Waals surface area contributed by atoms with Crippen LogP contribution in [-0.2, 0) is 9.59 Å². The number of carbonyl (C=O) groups excluding carboxylic acids is 2. The number of ketones is 2. The zero-order valence-corrected chi connectivity index (χ0v) is 12.3. The van der Waals surface area contributed by atoms with Gasteiger partial charge in [-0.15, -0.1) is 0 Å². The fourth-order valence-corrected chi connectivity index (χ4v) is 1.76. The van der Waals surface area contributed by atoms with E-state index in [0.29, 0.717) is 5.56 Å². The number of aliphatic carboxylic acids is 1. The molecule has 0 heterocycles. The van der Waals surface area contributed by atoms with Crippen LogP contribution in [0.15, 0.2) is 36.4 Å². The van der Waals surface area contributed by atoms with Gasteiger partial charge in [0.1, 0.15) is 5.78 Å². The van der Waals surface area contributed by atoms with Crippen LogP contribution in [0.4, 0.5) is 0 Å². The average Bonchev–Trinajstić information content (AvgIpc) is 2.36. The maximum atomic E-state index is 11.8. The van der Waals surface area contributed by atoms with Gasteiger partial charge in [0.2, 0.25) is 0 Å². The molecule has 5 heteroatoms. The van der Waals surface area contributed by atoms with Crippen LogP contribution in [0.3, 0.4) is 0 Å². The summed E-state index contributed by atoms with van der Waals surface area (Å²) in [5, 5.41) is 8.60. The SMILES string of the molecule is C=C(CCC(=O)CC(=O)c1ccc(I)cc1)C(=O)O. The Hall–Kier alpha value is -1.50. The first-order valence-corrected chi connectivity index (χ1v) is 6.69. The van der Waals surface area contributed by atoms with E-state index in [-0.39, 0.29) is 36.4 Å². The molecule has 1 aromatic carbocycles. The van der Waals surface area contributed by atoms with Crippen molar-refractivity contribution in [3.05, 3.63) is 45.6 Å². The van der Waals surface area contributed by atoms with E-state index in [4.69, 9.17) is 5.11 Å². The smallest absolute Gasteiger partial charge is 0.330 e. The molecule has 0 unspecified atom stereocenters. The highest BCUT2D eigenvalue weighted by Crippen LogP contribution is 2.11. The predicted octanol–water partition coefficient (Wildman–Crippen LogP) is 2.85. The van der Waals surface area contributed by atoms with Crippen molar-refractivity contribution in [3.63, 3.8) is 0 Å². The van der Waals surface area contributed by atoms with E-state index in [0.717, 1.165) is 3.57 Å². The summed E-state index contributed by atoms with van der Waals surface area (Å²) in [4.78, 5) is 33.9. The third-order valence-corrected chi connectivity index (χ3v) is 3.25. The quantitative estimate of drug-likeness (QED) is 0.346. The number of hydrogen-bond acceptors (Lipinski definition) is 3. The van der Waals surface area contributed by atoms with Gasteiger partial charge < -0.3 is 5.11 Å². The van der Waals surface area contributed by atoms with Crippen molar-refractivity contribution >= 4 is 40.1 Å². The van der Waals surface area contributed by atoms with Crippen LogP contribution in [-0.4, -0.2) is 22.6 Å². The van der Waals surface area contributed by atoms with Crippen molar-refractivity contribution in [1.29, 1.82) is 0 Å². The van der Waals surface area contributed by atoms with Crippen molar-refractivity contribution in [2.75, 3.05) is 0 Å². The van der Waals surface area contributed by atoms with E-state index >= 15 is 0 Å². The van der Waals surface area contributed by atoms with Gasteiger partial charge in [0.25, 0.3) is 0 Å². The molecule has 0 radical (unpaired) electrons. The van der Waals surface area contributed by atoms with Crippen molar-refractivity contribution in [1.82, 2.24) is 0 Å². The maximum Gasteiger partial charge on any atom is 0.330 e. The van der Waals surface area contributed by atoms with Gasteiger partial charge in [-0.05, 0) is 41.1 Å². The van der Waals surface area contributed by atoms with Gasteiger partial charge in [-0.2, -0.15) is 0 Å². The van der Waals surface area contributed by atoms with Gasteiger partial charge >= 0.3 is 5.97 Å². The molecule has 0 saturated carbocycles. The lowest BCUT2D eigenvalue weighted by Gasteiger charge is -2.02. The molecule has 1 rings (SSSR count). The van der Waals surface area contributed by atoms with E-state index < -0.39 is 5.97 Å². The average molecular weight is 372 g/mol. The minimum atomic E-state index is -1.11. The highest BCUT2D eigenvalue weighted by atomic mass is 127. The minimum Gasteiger partial charge on any atom is -0.478 e. The second kappa shape index (κ2) is 7.18. The molecule has 1 N–H and O–H groups in total. The number of benzene rings is 1. The highest BCUT2D eigenvalue weighted by Gasteiger charge is 2.13. The third kappa shape index (κ3) is 5.34. The summed E-state index contributed by atoms with van der Waals surface area (Å²) in [6.45, 7) is 3.34. The fourth-order valence-electron chi connectivity index (χ4n) is 1.40. The summed E-state index contributed by atoms with van der Waals surface area (Å²) >= 11 is 2.13. The molecule has 0 bridgehead atoms. The lowest BCUT2D eigenvalue weighted by molar-refractivity contribution is -0.132. The number of rotatable bonds is 7. The molecular formula is C14H13IO4. The molecule has 100 valence electrons. The highest BCUT2D eigenvalue weighted by molar-refractivity contribution is 14.1. The van der Waals surface area contributed by atoms with Crippen LogP contribution in [0.25, 0.3) is 0 Å². The monoisotopic (exact) mass is 372 g/mol. The van der Waals surface area contributed by atoms with E-state index in [1.165, 1.54) is 0 Å². The topological polar surface area (TPSA) is 71.4 Å². The van der Waals surface area contributed by atoms with Crippen LogP contribution in [0.2, 0.25) is 0 Å². The lowest BCUT2D eigenvalue weighted by atomic mass is 10.0. The van der Waals surface area contributed by atoms with Gasteiger partial charge in [0, 0.05) is 21.1 Å². The molecule has 0 amide bonds. The molecule has 4 nitrogen and oxygen atoms in total. The Kier molecular flexibility index (Phi) is 5.88. The number of hydrogen-bond donors (Lipinski definition) is 1. The Labute approximate surface area is 124 Å². The number of carbonyl (C=O) groups is 3. The molecule has 0 aliphatic rings. The Morgan fingerprint density at radius 2 is 1.68 bits per heavy atom. The molecule has 0 aliphatic carbocycles. The van der Waals surface area contributed by atoms with E-state index in [9.17, 15) is 14.4 Å². The normalized spacial score (nSPS) is 9.95. The van der Waals surface area contributed by atoms with Crippen molar-refractivity contribution in [2.45, 2.75) is 19.3 Å². The number of halogens is 1. The van der Waals surface area contributed by atoms with Gasteiger partial charge in [0.15, 0.2) is 5.78 Å². The van der Waals surface area contributed by atoms with Crippen LogP contribution in [0.1, 0.15) is 29.6 Å². The lowest BCUT2D eigenvalue weighted by Crippen LogP contribution is -2.09. The fraction of sp³-hybridized carbons (Fsp3) is 0.214. The van der Waals surface area contributed by atoms with E-state index in [2.05, 4.69) is 29.2 Å². The van der Waals surface area contributed by atoms with Crippen LogP contribution >= 0.6 is 22.6 Å². The largest absolute Gasteiger partial charge is 0.478 e. The standard InChI is InChI=1S/C14H13IO4/c1-9(14(18)19)2-7-12(16)8-13(17)10-3-5-11(15)6-4-10/h3-6H,1-2,7-8H2,(H,18,19). The first kappa shape index (κ1) is 15.6. The zero-order valence-electron chi connectivity index (χ0n) is 10.2. The van der Waals surface area contributed by atoms with Gasteiger partial charge in [-0.1, -0.05) is 18.7 Å². The van der Waals surface area contributed by atoms with Crippen molar-refractivity contribution in [3.8, 4) is 0 Å². The van der Waals surface area contributed by atoms with Crippen LogP contribution in [0.5, 0.6) is 0 Å². The molecule has 1 aromatic rings. The van der Waals surface area contributed by atoms with Gasteiger partial charge in [-0.3, -0.25) is 9.59 Å².